The highest BCUT2D eigenvalue weighted by Gasteiger charge is 2.20. The summed E-state index contributed by atoms with van der Waals surface area (Å²) in [7, 11) is 0. The topological polar surface area (TPSA) is 75.6 Å². The van der Waals surface area contributed by atoms with Gasteiger partial charge in [0.15, 0.2) is 0 Å². The first-order valence-corrected chi connectivity index (χ1v) is 6.16. The van der Waals surface area contributed by atoms with E-state index in [9.17, 15) is 9.59 Å². The van der Waals surface area contributed by atoms with Crippen LogP contribution >= 0.6 is 0 Å². The monoisotopic (exact) mass is 265 g/mol. The van der Waals surface area contributed by atoms with E-state index < -0.39 is 17.9 Å². The maximum Gasteiger partial charge on any atom is 0.328 e. The van der Waals surface area contributed by atoms with Crippen LogP contribution in [0.3, 0.4) is 0 Å². The second kappa shape index (κ2) is 7.53. The number of amides is 1. The van der Waals surface area contributed by atoms with E-state index in [0.29, 0.717) is 0 Å². The minimum Gasteiger partial charge on any atom is -0.459 e. The largest absolute Gasteiger partial charge is 0.459 e. The predicted octanol–water partition coefficient (Wildman–Crippen LogP) is 0.863. The molecule has 0 radical (unpaired) electrons. The Kier molecular flexibility index (Phi) is 6.02. The van der Waals surface area contributed by atoms with E-state index in [1.807, 2.05) is 30.3 Å². The Morgan fingerprint density at radius 3 is 2.47 bits per heavy atom. The van der Waals surface area contributed by atoms with E-state index in [4.69, 9.17) is 9.84 Å². The molecule has 0 aromatic heterocycles. The minimum atomic E-state index is -0.731. The van der Waals surface area contributed by atoms with Crippen LogP contribution in [-0.2, 0) is 20.9 Å². The van der Waals surface area contributed by atoms with Crippen LogP contribution in [0.25, 0.3) is 0 Å². The third-order valence-corrected chi connectivity index (χ3v) is 2.66. The van der Waals surface area contributed by atoms with Gasteiger partial charge in [-0.15, -0.1) is 0 Å². The van der Waals surface area contributed by atoms with Crippen molar-refractivity contribution in [3.63, 3.8) is 0 Å². The van der Waals surface area contributed by atoms with Crippen LogP contribution in [0, 0.1) is 5.92 Å². The van der Waals surface area contributed by atoms with Crippen molar-refractivity contribution in [1.82, 2.24) is 5.32 Å². The average Bonchev–Trinajstić information content (AvgIpc) is 2.44. The van der Waals surface area contributed by atoms with Gasteiger partial charge in [0, 0.05) is 0 Å². The van der Waals surface area contributed by atoms with Crippen molar-refractivity contribution in [2.45, 2.75) is 26.5 Å². The average molecular weight is 265 g/mol. The van der Waals surface area contributed by atoms with Crippen LogP contribution < -0.4 is 5.32 Å². The lowest BCUT2D eigenvalue weighted by Crippen LogP contribution is -2.42. The number of rotatable bonds is 6. The molecule has 0 aliphatic rings. The molecular weight excluding hydrogens is 246 g/mol. The fourth-order valence-corrected chi connectivity index (χ4v) is 1.35. The number of benzene rings is 1. The Morgan fingerprint density at radius 2 is 1.89 bits per heavy atom. The quantitative estimate of drug-likeness (QED) is 0.748. The Bertz CT molecular complexity index is 419. The molecule has 0 saturated heterocycles. The summed E-state index contributed by atoms with van der Waals surface area (Å²) >= 11 is 0. The molecule has 5 heteroatoms. The molecular formula is C14H19NO4. The number of hydrogen-bond acceptors (Lipinski definition) is 4. The Labute approximate surface area is 112 Å². The lowest BCUT2D eigenvalue weighted by atomic mass is 10.1. The lowest BCUT2D eigenvalue weighted by molar-refractivity contribution is -0.149. The molecule has 0 bridgehead atoms. The zero-order chi connectivity index (χ0) is 14.3. The van der Waals surface area contributed by atoms with Crippen LogP contribution in [0.15, 0.2) is 30.3 Å². The molecule has 0 unspecified atom stereocenters. The minimum absolute atomic E-state index is 0.176. The van der Waals surface area contributed by atoms with E-state index in [-0.39, 0.29) is 19.1 Å². The van der Waals surface area contributed by atoms with Gasteiger partial charge in [0.25, 0.3) is 0 Å². The van der Waals surface area contributed by atoms with Gasteiger partial charge in [-0.3, -0.25) is 4.79 Å². The Morgan fingerprint density at radius 1 is 1.26 bits per heavy atom. The van der Waals surface area contributed by atoms with Crippen LogP contribution in [0.2, 0.25) is 0 Å². The number of ether oxygens (including phenoxy) is 1. The molecule has 1 amide bonds. The summed E-state index contributed by atoms with van der Waals surface area (Å²) in [4.78, 5) is 23.1. The number of aliphatic hydroxyl groups excluding tert-OH is 1. The number of esters is 1. The van der Waals surface area contributed by atoms with Gasteiger partial charge in [-0.1, -0.05) is 37.3 Å². The molecule has 5 nitrogen and oxygen atoms in total. The summed E-state index contributed by atoms with van der Waals surface area (Å²) < 4.78 is 5.09. The summed E-state index contributed by atoms with van der Waals surface area (Å²) in [5, 5.41) is 11.3. The van der Waals surface area contributed by atoms with Gasteiger partial charge >= 0.3 is 5.97 Å². The van der Waals surface area contributed by atoms with Gasteiger partial charge in [0.05, 0.1) is 12.5 Å². The fourth-order valence-electron chi connectivity index (χ4n) is 1.35. The fraction of sp³-hybridized carbons (Fsp3) is 0.429. The summed E-state index contributed by atoms with van der Waals surface area (Å²) in [5.74, 6) is -1.40. The number of nitrogens with one attached hydrogen (secondary N) is 1. The number of carbonyl (C=O) groups is 2. The molecule has 1 rings (SSSR count). The van der Waals surface area contributed by atoms with Crippen LogP contribution in [0.1, 0.15) is 19.4 Å². The third kappa shape index (κ3) is 5.09. The van der Waals surface area contributed by atoms with Crippen molar-refractivity contribution in [3.8, 4) is 0 Å². The normalized spacial score (nSPS) is 13.4. The predicted molar refractivity (Wildman–Crippen MR) is 70.1 cm³/mol. The van der Waals surface area contributed by atoms with Crippen molar-refractivity contribution in [1.29, 1.82) is 0 Å². The van der Waals surface area contributed by atoms with E-state index in [1.54, 1.807) is 13.8 Å². The first kappa shape index (κ1) is 15.2. The molecule has 0 saturated carbocycles. The van der Waals surface area contributed by atoms with E-state index in [2.05, 4.69) is 5.32 Å². The van der Waals surface area contributed by atoms with Crippen molar-refractivity contribution in [2.75, 3.05) is 6.61 Å². The molecule has 2 N–H and O–H groups in total. The Balaban J connectivity index is 2.39. The van der Waals surface area contributed by atoms with Gasteiger partial charge in [0.1, 0.15) is 12.6 Å². The molecule has 0 heterocycles. The molecule has 0 spiro atoms. The van der Waals surface area contributed by atoms with Gasteiger partial charge in [0.2, 0.25) is 5.91 Å². The summed E-state index contributed by atoms with van der Waals surface area (Å²) in [6.45, 7) is 3.06. The molecule has 1 aromatic carbocycles. The van der Waals surface area contributed by atoms with Crippen LogP contribution in [-0.4, -0.2) is 29.6 Å². The standard InChI is InChI=1S/C14H19NO4/c1-10(8-16)13(17)15-11(2)14(18)19-9-12-6-4-3-5-7-12/h3-7,10-11,16H,8-9H2,1-2H3,(H,15,17)/t10-,11-/m1/s1. The van der Waals surface area contributed by atoms with Crippen molar-refractivity contribution >= 4 is 11.9 Å². The van der Waals surface area contributed by atoms with Gasteiger partial charge < -0.3 is 15.2 Å². The molecule has 0 aliphatic carbocycles. The summed E-state index contributed by atoms with van der Waals surface area (Å²) in [5.41, 5.74) is 0.887. The van der Waals surface area contributed by atoms with Gasteiger partial charge in [-0.25, -0.2) is 4.79 Å². The van der Waals surface area contributed by atoms with Crippen LogP contribution in [0.4, 0.5) is 0 Å². The van der Waals surface area contributed by atoms with Crippen molar-refractivity contribution in [2.24, 2.45) is 5.92 Å². The number of aliphatic hydroxyl groups is 1. The van der Waals surface area contributed by atoms with E-state index >= 15 is 0 Å². The number of hydrogen-bond donors (Lipinski definition) is 2. The SMILES string of the molecule is C[C@H](CO)C(=O)N[C@H](C)C(=O)OCc1ccccc1. The van der Waals surface area contributed by atoms with Crippen molar-refractivity contribution in [3.05, 3.63) is 35.9 Å². The van der Waals surface area contributed by atoms with Gasteiger partial charge in [-0.2, -0.15) is 0 Å². The smallest absolute Gasteiger partial charge is 0.328 e. The highest BCUT2D eigenvalue weighted by atomic mass is 16.5. The number of carbonyl (C=O) groups excluding carboxylic acids is 2. The Hall–Kier alpha value is -1.88. The molecule has 0 aliphatic heterocycles. The summed E-state index contributed by atoms with van der Waals surface area (Å²) in [6, 6.07) is 8.57. The van der Waals surface area contributed by atoms with E-state index in [0.717, 1.165) is 5.56 Å². The van der Waals surface area contributed by atoms with Crippen LogP contribution in [0.5, 0.6) is 0 Å². The van der Waals surface area contributed by atoms with E-state index in [1.165, 1.54) is 0 Å². The molecule has 2 atom stereocenters. The zero-order valence-electron chi connectivity index (χ0n) is 11.1. The molecule has 0 fully saturated rings. The highest BCUT2D eigenvalue weighted by Crippen LogP contribution is 2.02. The van der Waals surface area contributed by atoms with Gasteiger partial charge in [-0.05, 0) is 12.5 Å². The first-order valence-electron chi connectivity index (χ1n) is 6.16. The maximum atomic E-state index is 11.7. The highest BCUT2D eigenvalue weighted by molar-refractivity contribution is 5.85. The second-order valence-corrected chi connectivity index (χ2v) is 4.41. The summed E-state index contributed by atoms with van der Waals surface area (Å²) in [6.07, 6.45) is 0. The third-order valence-electron chi connectivity index (χ3n) is 2.66. The molecule has 104 valence electrons. The lowest BCUT2D eigenvalue weighted by Gasteiger charge is -2.15. The second-order valence-electron chi connectivity index (χ2n) is 4.41. The maximum absolute atomic E-state index is 11.7. The first-order chi connectivity index (χ1) is 9.04. The molecule has 1 aromatic rings. The molecule has 19 heavy (non-hydrogen) atoms. The zero-order valence-corrected chi connectivity index (χ0v) is 11.1. The van der Waals surface area contributed by atoms with Crippen molar-refractivity contribution < 1.29 is 19.4 Å².